The standard InChI is InChI=1S/C19H17ClFN5O3S.C15H20BrClN2O2/c1-30(28,29)25-4-5-26(18(27)2-3-20)17(12-25)14-6-13(9-22)7-15(8-14)19-23-10-16(21)11-24-19;1-15(2,3)21-14(20)19-5-4-18-9-13(19)10-6-11(16)8-12(17)7-10/h2-3,6-8,10-11,17H,4-5,12H2,1H3;6-8,13,18H,4-5,9H2,1-3H3/b3-2-;/t17-;13-/m00/s1. The molecule has 2 amide bonds. The summed E-state index contributed by atoms with van der Waals surface area (Å²) in [4.78, 5) is 36.1. The third-order valence-corrected chi connectivity index (χ3v) is 9.86. The van der Waals surface area contributed by atoms with Gasteiger partial charge in [0.25, 0.3) is 0 Å². The summed E-state index contributed by atoms with van der Waals surface area (Å²) < 4.78 is 45.0. The summed E-state index contributed by atoms with van der Waals surface area (Å²) in [7, 11) is -3.49. The molecule has 0 aliphatic carbocycles. The minimum Gasteiger partial charge on any atom is -0.444 e. The van der Waals surface area contributed by atoms with Crippen molar-refractivity contribution in [2.45, 2.75) is 38.5 Å². The summed E-state index contributed by atoms with van der Waals surface area (Å²) in [5.41, 5.74) is 2.83. The Bertz CT molecular complexity index is 1900. The molecule has 272 valence electrons. The van der Waals surface area contributed by atoms with Gasteiger partial charge in [0, 0.05) is 65.9 Å². The van der Waals surface area contributed by atoms with Crippen LogP contribution in [0.3, 0.4) is 0 Å². The highest BCUT2D eigenvalue weighted by atomic mass is 79.9. The van der Waals surface area contributed by atoms with Gasteiger partial charge < -0.3 is 15.0 Å². The smallest absolute Gasteiger partial charge is 0.410 e. The molecule has 0 saturated carbocycles. The third kappa shape index (κ3) is 11.2. The van der Waals surface area contributed by atoms with Crippen molar-refractivity contribution in [1.29, 1.82) is 5.26 Å². The van der Waals surface area contributed by atoms with Crippen molar-refractivity contribution < 1.29 is 27.1 Å². The van der Waals surface area contributed by atoms with Crippen molar-refractivity contribution in [3.63, 3.8) is 0 Å². The first-order valence-corrected chi connectivity index (χ1v) is 19.2. The van der Waals surface area contributed by atoms with Crippen LogP contribution in [0.15, 0.2) is 64.9 Å². The second kappa shape index (κ2) is 17.2. The number of nitriles is 1. The molecule has 2 aliphatic rings. The second-order valence-electron chi connectivity index (χ2n) is 12.7. The Kier molecular flexibility index (Phi) is 13.6. The predicted molar refractivity (Wildman–Crippen MR) is 196 cm³/mol. The van der Waals surface area contributed by atoms with Gasteiger partial charge in [0.15, 0.2) is 11.6 Å². The zero-order valence-corrected chi connectivity index (χ0v) is 32.2. The van der Waals surface area contributed by atoms with Crippen molar-refractivity contribution in [3.8, 4) is 17.5 Å². The molecule has 2 fully saturated rings. The van der Waals surface area contributed by atoms with E-state index in [0.717, 1.165) is 40.8 Å². The maximum atomic E-state index is 13.2. The molecule has 3 heterocycles. The van der Waals surface area contributed by atoms with Crippen molar-refractivity contribution in [2.24, 2.45) is 0 Å². The molecule has 0 spiro atoms. The fourth-order valence-corrected chi connectivity index (χ4v) is 7.38. The normalized spacial score (nSPS) is 18.5. The average molecular weight is 826 g/mol. The first-order chi connectivity index (χ1) is 24.0. The molecule has 12 nitrogen and oxygen atoms in total. The number of rotatable bonds is 5. The van der Waals surface area contributed by atoms with Crippen LogP contribution in [0.2, 0.25) is 5.02 Å². The number of nitrogens with zero attached hydrogens (tertiary/aromatic N) is 6. The van der Waals surface area contributed by atoms with Gasteiger partial charge in [0.05, 0.1) is 42.4 Å². The van der Waals surface area contributed by atoms with Crippen LogP contribution in [0.5, 0.6) is 0 Å². The van der Waals surface area contributed by atoms with E-state index in [1.54, 1.807) is 23.1 Å². The van der Waals surface area contributed by atoms with Gasteiger partial charge in [-0.25, -0.2) is 27.6 Å². The van der Waals surface area contributed by atoms with E-state index in [0.29, 0.717) is 29.2 Å². The number of benzene rings is 2. The van der Waals surface area contributed by atoms with Crippen molar-refractivity contribution in [1.82, 2.24) is 29.4 Å². The maximum absolute atomic E-state index is 13.2. The summed E-state index contributed by atoms with van der Waals surface area (Å²) in [6.45, 7) is 7.99. The number of hydrogen-bond donors (Lipinski definition) is 1. The summed E-state index contributed by atoms with van der Waals surface area (Å²) in [5, 5.41) is 13.4. The highest BCUT2D eigenvalue weighted by molar-refractivity contribution is 9.10. The Morgan fingerprint density at radius 1 is 1.06 bits per heavy atom. The van der Waals surface area contributed by atoms with Gasteiger partial charge in [-0.3, -0.25) is 9.69 Å². The molecule has 2 atom stereocenters. The van der Waals surface area contributed by atoms with Crippen LogP contribution in [-0.2, 0) is 19.6 Å². The first kappa shape index (κ1) is 40.1. The molecule has 0 bridgehead atoms. The Balaban J connectivity index is 0.000000244. The zero-order valence-electron chi connectivity index (χ0n) is 28.3. The number of piperazine rings is 2. The summed E-state index contributed by atoms with van der Waals surface area (Å²) in [5.74, 6) is -0.787. The largest absolute Gasteiger partial charge is 0.444 e. The van der Waals surface area contributed by atoms with Gasteiger partial charge in [-0.05, 0) is 68.3 Å². The minimum absolute atomic E-state index is 0.0132. The predicted octanol–water partition coefficient (Wildman–Crippen LogP) is 6.04. The monoisotopic (exact) mass is 823 g/mol. The number of sulfonamides is 1. The topological polar surface area (TPSA) is 149 Å². The number of nitrogens with one attached hydrogen (secondary N) is 1. The fraction of sp³-hybridized carbons (Fsp3) is 0.382. The summed E-state index contributed by atoms with van der Waals surface area (Å²) in [6, 6.07) is 11.8. The number of halogens is 4. The summed E-state index contributed by atoms with van der Waals surface area (Å²) >= 11 is 15.1. The third-order valence-electron chi connectivity index (χ3n) is 7.79. The molecule has 2 saturated heterocycles. The Morgan fingerprint density at radius 2 is 1.75 bits per heavy atom. The van der Waals surface area contributed by atoms with E-state index in [9.17, 15) is 27.7 Å². The summed E-state index contributed by atoms with van der Waals surface area (Å²) in [6.07, 6.45) is 4.01. The molecule has 2 aliphatic heterocycles. The molecule has 5 rings (SSSR count). The highest BCUT2D eigenvalue weighted by Gasteiger charge is 2.35. The number of hydrogen-bond acceptors (Lipinski definition) is 9. The van der Waals surface area contributed by atoms with E-state index in [2.05, 4.69) is 31.2 Å². The van der Waals surface area contributed by atoms with Crippen LogP contribution in [0, 0.1) is 17.1 Å². The highest BCUT2D eigenvalue weighted by Crippen LogP contribution is 2.32. The van der Waals surface area contributed by atoms with Gasteiger partial charge in [-0.15, -0.1) is 0 Å². The van der Waals surface area contributed by atoms with Crippen LogP contribution in [0.1, 0.15) is 49.5 Å². The molecule has 1 aromatic heterocycles. The van der Waals surface area contributed by atoms with Crippen LogP contribution in [0.25, 0.3) is 11.4 Å². The van der Waals surface area contributed by atoms with Crippen LogP contribution in [0.4, 0.5) is 9.18 Å². The van der Waals surface area contributed by atoms with E-state index in [1.807, 2.05) is 45.0 Å². The van der Waals surface area contributed by atoms with Crippen LogP contribution in [-0.4, -0.2) is 95.6 Å². The molecule has 0 radical (unpaired) electrons. The minimum atomic E-state index is -3.49. The molecule has 51 heavy (non-hydrogen) atoms. The number of carbonyl (C=O) groups excluding carboxylic acids is 2. The molecular weight excluding hydrogens is 788 g/mol. The van der Waals surface area contributed by atoms with Crippen molar-refractivity contribution in [3.05, 3.63) is 92.4 Å². The van der Waals surface area contributed by atoms with Gasteiger partial charge in [-0.2, -0.15) is 9.57 Å². The lowest BCUT2D eigenvalue weighted by molar-refractivity contribution is -0.130. The number of ether oxygens (including phenoxy) is 1. The van der Waals surface area contributed by atoms with E-state index in [4.69, 9.17) is 27.9 Å². The number of amides is 2. The molecular formula is C34H37BrCl2FN7O5S. The SMILES string of the molecule is CC(C)(C)OC(=O)N1CCNC[C@H]1c1cc(Cl)cc(Br)c1.CS(=O)(=O)N1CCN(C(=O)/C=C\Cl)[C@H](c2cc(C#N)cc(-c3ncc(F)cn3)c2)C1. The lowest BCUT2D eigenvalue weighted by atomic mass is 9.97. The number of carbonyl (C=O) groups is 2. The van der Waals surface area contributed by atoms with E-state index in [1.165, 1.54) is 15.3 Å². The first-order valence-electron chi connectivity index (χ1n) is 15.7. The molecule has 0 unspecified atom stereocenters. The zero-order chi connectivity index (χ0) is 37.5. The van der Waals surface area contributed by atoms with Crippen molar-refractivity contribution >= 4 is 61.2 Å². The van der Waals surface area contributed by atoms with Crippen molar-refractivity contribution in [2.75, 3.05) is 45.5 Å². The van der Waals surface area contributed by atoms with Crippen LogP contribution < -0.4 is 5.32 Å². The van der Waals surface area contributed by atoms with Gasteiger partial charge in [-0.1, -0.05) is 39.1 Å². The number of aromatic nitrogens is 2. The van der Waals surface area contributed by atoms with Gasteiger partial charge in [0.2, 0.25) is 15.9 Å². The Hall–Kier alpha value is -3.65. The lowest BCUT2D eigenvalue weighted by Crippen LogP contribution is -2.51. The van der Waals surface area contributed by atoms with Gasteiger partial charge >= 0.3 is 6.09 Å². The molecule has 17 heteroatoms. The quantitative estimate of drug-likeness (QED) is 0.305. The second-order valence-corrected chi connectivity index (χ2v) is 16.3. The van der Waals surface area contributed by atoms with E-state index in [-0.39, 0.29) is 49.1 Å². The Labute approximate surface area is 315 Å². The lowest BCUT2D eigenvalue weighted by Gasteiger charge is -2.40. The van der Waals surface area contributed by atoms with Crippen LogP contribution >= 0.6 is 39.1 Å². The average Bonchev–Trinajstić information content (AvgIpc) is 3.07. The van der Waals surface area contributed by atoms with E-state index < -0.39 is 27.5 Å². The Morgan fingerprint density at radius 3 is 2.35 bits per heavy atom. The fourth-order valence-electron chi connectivity index (χ4n) is 5.57. The van der Waals surface area contributed by atoms with E-state index >= 15 is 0 Å². The molecule has 3 aromatic rings. The molecule has 2 aromatic carbocycles. The van der Waals surface area contributed by atoms with Gasteiger partial charge in [0.1, 0.15) is 5.60 Å². The maximum Gasteiger partial charge on any atom is 0.410 e. The molecule has 1 N–H and O–H groups in total.